The lowest BCUT2D eigenvalue weighted by Crippen LogP contribution is -2.44. The van der Waals surface area contributed by atoms with Crippen LogP contribution in [0.2, 0.25) is 0 Å². The Bertz CT molecular complexity index is 713. The van der Waals surface area contributed by atoms with Gasteiger partial charge in [-0.2, -0.15) is 0 Å². The molecule has 1 heterocycles. The third kappa shape index (κ3) is 2.02. The quantitative estimate of drug-likeness (QED) is 0.769. The van der Waals surface area contributed by atoms with Crippen molar-refractivity contribution >= 4 is 27.3 Å². The zero-order valence-electron chi connectivity index (χ0n) is 11.3. The zero-order valence-corrected chi connectivity index (χ0v) is 12.1. The SMILES string of the molecule is Cc1ccc(F)c(N2C(=O)CC(C)(S(C)(=O)=O)C2=O)c1. The Morgan fingerprint density at radius 1 is 1.30 bits per heavy atom. The van der Waals surface area contributed by atoms with E-state index in [9.17, 15) is 22.4 Å². The minimum Gasteiger partial charge on any atom is -0.274 e. The molecule has 0 radical (unpaired) electrons. The van der Waals surface area contributed by atoms with Gasteiger partial charge in [-0.25, -0.2) is 17.7 Å². The predicted molar refractivity (Wildman–Crippen MR) is 71.5 cm³/mol. The van der Waals surface area contributed by atoms with Crippen LogP contribution in [0, 0.1) is 12.7 Å². The Kier molecular flexibility index (Phi) is 3.20. The molecule has 108 valence electrons. The molecule has 1 unspecified atom stereocenters. The van der Waals surface area contributed by atoms with Gasteiger partial charge in [0.05, 0.1) is 12.1 Å². The fourth-order valence-corrected chi connectivity index (χ4v) is 2.91. The van der Waals surface area contributed by atoms with Crippen molar-refractivity contribution in [3.05, 3.63) is 29.6 Å². The van der Waals surface area contributed by atoms with E-state index in [0.717, 1.165) is 12.3 Å². The van der Waals surface area contributed by atoms with Gasteiger partial charge in [-0.05, 0) is 31.5 Å². The van der Waals surface area contributed by atoms with Gasteiger partial charge in [-0.15, -0.1) is 0 Å². The number of anilines is 1. The van der Waals surface area contributed by atoms with Crippen LogP contribution >= 0.6 is 0 Å². The number of rotatable bonds is 2. The van der Waals surface area contributed by atoms with Gasteiger partial charge in [0.15, 0.2) is 14.6 Å². The normalized spacial score (nSPS) is 23.5. The Labute approximate surface area is 116 Å². The second-order valence-corrected chi connectivity index (χ2v) is 7.61. The minimum atomic E-state index is -3.78. The molecule has 1 aliphatic heterocycles. The minimum absolute atomic E-state index is 0.202. The van der Waals surface area contributed by atoms with Crippen molar-refractivity contribution in [1.82, 2.24) is 0 Å². The lowest BCUT2D eigenvalue weighted by atomic mass is 10.1. The molecule has 1 fully saturated rings. The van der Waals surface area contributed by atoms with Crippen LogP contribution < -0.4 is 4.90 Å². The Morgan fingerprint density at radius 3 is 2.40 bits per heavy atom. The molecule has 2 amide bonds. The van der Waals surface area contributed by atoms with E-state index in [4.69, 9.17) is 0 Å². The van der Waals surface area contributed by atoms with Gasteiger partial charge >= 0.3 is 0 Å². The molecule has 20 heavy (non-hydrogen) atoms. The van der Waals surface area contributed by atoms with Crippen LogP contribution in [0.15, 0.2) is 18.2 Å². The first-order chi connectivity index (χ1) is 9.08. The average Bonchev–Trinajstić information content (AvgIpc) is 2.54. The van der Waals surface area contributed by atoms with E-state index in [1.54, 1.807) is 6.92 Å². The lowest BCUT2D eigenvalue weighted by molar-refractivity contribution is -0.121. The van der Waals surface area contributed by atoms with Crippen molar-refractivity contribution < 1.29 is 22.4 Å². The van der Waals surface area contributed by atoms with Crippen molar-refractivity contribution in [2.24, 2.45) is 0 Å². The first-order valence-electron chi connectivity index (χ1n) is 5.91. The highest BCUT2D eigenvalue weighted by molar-refractivity contribution is 7.93. The third-order valence-corrected chi connectivity index (χ3v) is 5.51. The maximum absolute atomic E-state index is 13.8. The number of hydrogen-bond acceptors (Lipinski definition) is 4. The largest absolute Gasteiger partial charge is 0.274 e. The number of carbonyl (C=O) groups is 2. The van der Waals surface area contributed by atoms with E-state index < -0.39 is 38.6 Å². The molecule has 0 spiro atoms. The molecule has 0 bridgehead atoms. The van der Waals surface area contributed by atoms with Crippen LogP contribution in [-0.4, -0.2) is 31.2 Å². The van der Waals surface area contributed by atoms with E-state index in [1.807, 2.05) is 0 Å². The fraction of sp³-hybridized carbons (Fsp3) is 0.385. The monoisotopic (exact) mass is 299 g/mol. The summed E-state index contributed by atoms with van der Waals surface area (Å²) in [4.78, 5) is 24.9. The number of sulfone groups is 1. The summed E-state index contributed by atoms with van der Waals surface area (Å²) in [5.41, 5.74) is 0.460. The predicted octanol–water partition coefficient (Wildman–Crippen LogP) is 1.20. The summed E-state index contributed by atoms with van der Waals surface area (Å²) in [7, 11) is -3.78. The summed E-state index contributed by atoms with van der Waals surface area (Å²) in [6.07, 6.45) is 0.423. The van der Waals surface area contributed by atoms with Crippen LogP contribution in [0.5, 0.6) is 0 Å². The van der Waals surface area contributed by atoms with E-state index in [1.165, 1.54) is 19.1 Å². The van der Waals surface area contributed by atoms with Crippen LogP contribution in [-0.2, 0) is 19.4 Å². The van der Waals surface area contributed by atoms with Crippen molar-refractivity contribution in [1.29, 1.82) is 0 Å². The number of halogens is 1. The van der Waals surface area contributed by atoms with E-state index in [0.29, 0.717) is 10.5 Å². The van der Waals surface area contributed by atoms with Crippen LogP contribution in [0.4, 0.5) is 10.1 Å². The van der Waals surface area contributed by atoms with E-state index in [2.05, 4.69) is 0 Å². The molecule has 0 N–H and O–H groups in total. The number of hydrogen-bond donors (Lipinski definition) is 0. The summed E-state index contributed by atoms with van der Waals surface area (Å²) >= 11 is 0. The van der Waals surface area contributed by atoms with Gasteiger partial charge in [0.2, 0.25) is 5.91 Å². The molecule has 1 saturated heterocycles. The van der Waals surface area contributed by atoms with Crippen molar-refractivity contribution in [2.45, 2.75) is 25.0 Å². The molecule has 1 atom stereocenters. The topological polar surface area (TPSA) is 71.5 Å². The van der Waals surface area contributed by atoms with Gasteiger partial charge in [-0.1, -0.05) is 6.07 Å². The molecule has 7 heteroatoms. The van der Waals surface area contributed by atoms with Gasteiger partial charge in [0.1, 0.15) is 5.82 Å². The average molecular weight is 299 g/mol. The van der Waals surface area contributed by atoms with E-state index >= 15 is 0 Å². The van der Waals surface area contributed by atoms with Gasteiger partial charge in [0.25, 0.3) is 5.91 Å². The van der Waals surface area contributed by atoms with Crippen LogP contribution in [0.3, 0.4) is 0 Å². The molecule has 0 aromatic heterocycles. The highest BCUT2D eigenvalue weighted by atomic mass is 32.2. The second-order valence-electron chi connectivity index (χ2n) is 5.17. The highest BCUT2D eigenvalue weighted by Crippen LogP contribution is 2.35. The van der Waals surface area contributed by atoms with Crippen LogP contribution in [0.25, 0.3) is 0 Å². The molecule has 1 aliphatic rings. The highest BCUT2D eigenvalue weighted by Gasteiger charge is 2.56. The molecule has 5 nitrogen and oxygen atoms in total. The second kappa shape index (κ2) is 4.37. The Balaban J connectivity index is 2.58. The number of aryl methyl sites for hydroxylation is 1. The first-order valence-corrected chi connectivity index (χ1v) is 7.80. The summed E-state index contributed by atoms with van der Waals surface area (Å²) in [6, 6.07) is 3.99. The molecule has 0 saturated carbocycles. The molecule has 1 aromatic carbocycles. The summed E-state index contributed by atoms with van der Waals surface area (Å²) in [6.45, 7) is 2.87. The number of nitrogens with zero attached hydrogens (tertiary/aromatic N) is 1. The van der Waals surface area contributed by atoms with Crippen molar-refractivity contribution in [3.63, 3.8) is 0 Å². The van der Waals surface area contributed by atoms with Crippen molar-refractivity contribution in [3.8, 4) is 0 Å². The number of benzene rings is 1. The number of amides is 2. The molecule has 2 rings (SSSR count). The smallest absolute Gasteiger partial charge is 0.255 e. The maximum atomic E-state index is 13.8. The molecular weight excluding hydrogens is 285 g/mol. The Morgan fingerprint density at radius 2 is 1.90 bits per heavy atom. The summed E-state index contributed by atoms with van der Waals surface area (Å²) in [5.74, 6) is -2.36. The van der Waals surface area contributed by atoms with Gasteiger partial charge in [0, 0.05) is 6.26 Å². The molecule has 0 aliphatic carbocycles. The Hall–Kier alpha value is -1.76. The number of imide groups is 1. The standard InChI is InChI=1S/C13H14FNO4S/c1-8-4-5-9(14)10(6-8)15-11(16)7-13(2,12(15)17)20(3,18)19/h4-6H,7H2,1-3H3. The molecule has 1 aromatic rings. The summed E-state index contributed by atoms with van der Waals surface area (Å²) in [5, 5.41) is 0. The van der Waals surface area contributed by atoms with Crippen molar-refractivity contribution in [2.75, 3.05) is 11.2 Å². The maximum Gasteiger partial charge on any atom is 0.255 e. The fourth-order valence-electron chi connectivity index (χ4n) is 2.12. The lowest BCUT2D eigenvalue weighted by Gasteiger charge is -2.20. The van der Waals surface area contributed by atoms with Crippen LogP contribution in [0.1, 0.15) is 18.9 Å². The first kappa shape index (κ1) is 14.6. The van der Waals surface area contributed by atoms with E-state index in [-0.39, 0.29) is 5.69 Å². The molecular formula is C13H14FNO4S. The zero-order chi connectivity index (χ0) is 15.3. The number of carbonyl (C=O) groups excluding carboxylic acids is 2. The summed E-state index contributed by atoms with van der Waals surface area (Å²) < 4.78 is 35.5. The third-order valence-electron chi connectivity index (χ3n) is 3.55. The van der Waals surface area contributed by atoms with Gasteiger partial charge < -0.3 is 0 Å². The van der Waals surface area contributed by atoms with Gasteiger partial charge in [-0.3, -0.25) is 9.59 Å².